The number of hydrogen-bond donors (Lipinski definition) is 0. The Bertz CT molecular complexity index is 717. The van der Waals surface area contributed by atoms with Gasteiger partial charge in [0.1, 0.15) is 5.76 Å². The second kappa shape index (κ2) is 5.84. The van der Waals surface area contributed by atoms with Gasteiger partial charge in [-0.05, 0) is 31.0 Å². The Morgan fingerprint density at radius 3 is 2.50 bits per heavy atom. The number of benzene rings is 1. The van der Waals surface area contributed by atoms with E-state index in [-0.39, 0.29) is 0 Å². The number of halogens is 3. The molecule has 1 aromatic heterocycles. The van der Waals surface area contributed by atoms with E-state index in [1.807, 2.05) is 6.07 Å². The zero-order valence-corrected chi connectivity index (χ0v) is 13.2. The standard InChI is InChI=1S/C18H19F3N2O/c19-18(20,21)14-3-1-2-13(12-14)16-4-5-17(24-16)23-11-10-22-8-6-15(23)7-9-22/h1-5,12,15H,6-11H2. The van der Waals surface area contributed by atoms with E-state index in [1.165, 1.54) is 6.07 Å². The highest BCUT2D eigenvalue weighted by Gasteiger charge is 2.32. The molecule has 6 heteroatoms. The lowest BCUT2D eigenvalue weighted by atomic mass is 10.1. The highest BCUT2D eigenvalue weighted by Crippen LogP contribution is 2.35. The van der Waals surface area contributed by atoms with Gasteiger partial charge in [-0.15, -0.1) is 0 Å². The third kappa shape index (κ3) is 2.90. The van der Waals surface area contributed by atoms with Crippen molar-refractivity contribution >= 4 is 5.88 Å². The summed E-state index contributed by atoms with van der Waals surface area (Å²) in [4.78, 5) is 4.72. The van der Waals surface area contributed by atoms with E-state index in [2.05, 4.69) is 9.80 Å². The molecule has 128 valence electrons. The smallest absolute Gasteiger partial charge is 0.416 e. The first-order chi connectivity index (χ1) is 11.5. The van der Waals surface area contributed by atoms with E-state index < -0.39 is 11.7 Å². The van der Waals surface area contributed by atoms with Crippen LogP contribution in [0.3, 0.4) is 0 Å². The maximum absolute atomic E-state index is 12.9. The number of furan rings is 1. The molecule has 0 aliphatic carbocycles. The summed E-state index contributed by atoms with van der Waals surface area (Å²) in [5.74, 6) is 1.24. The molecule has 0 N–H and O–H groups in total. The van der Waals surface area contributed by atoms with Gasteiger partial charge in [0.2, 0.25) is 0 Å². The lowest BCUT2D eigenvalue weighted by Gasteiger charge is -2.31. The zero-order valence-electron chi connectivity index (χ0n) is 13.2. The van der Waals surface area contributed by atoms with Crippen molar-refractivity contribution < 1.29 is 17.6 Å². The molecule has 3 saturated heterocycles. The van der Waals surface area contributed by atoms with Gasteiger partial charge in [0, 0.05) is 43.9 Å². The number of alkyl halides is 3. The van der Waals surface area contributed by atoms with Crippen molar-refractivity contribution in [1.82, 2.24) is 4.90 Å². The average Bonchev–Trinajstić information content (AvgIpc) is 2.87. The minimum Gasteiger partial charge on any atom is -0.441 e. The minimum absolute atomic E-state index is 0.457. The lowest BCUT2D eigenvalue weighted by Crippen LogP contribution is -2.37. The fourth-order valence-electron chi connectivity index (χ4n) is 3.66. The fourth-order valence-corrected chi connectivity index (χ4v) is 3.66. The molecule has 0 amide bonds. The Morgan fingerprint density at radius 1 is 0.958 bits per heavy atom. The third-order valence-corrected chi connectivity index (χ3v) is 5.00. The van der Waals surface area contributed by atoms with Gasteiger partial charge in [-0.25, -0.2) is 0 Å². The summed E-state index contributed by atoms with van der Waals surface area (Å²) >= 11 is 0. The van der Waals surface area contributed by atoms with Crippen LogP contribution in [0.25, 0.3) is 11.3 Å². The molecule has 0 unspecified atom stereocenters. The van der Waals surface area contributed by atoms with Crippen LogP contribution in [-0.2, 0) is 6.18 Å². The quantitative estimate of drug-likeness (QED) is 0.817. The Hall–Kier alpha value is -1.95. The molecule has 0 spiro atoms. The van der Waals surface area contributed by atoms with E-state index in [1.54, 1.807) is 12.1 Å². The van der Waals surface area contributed by atoms with Crippen molar-refractivity contribution in [2.45, 2.75) is 25.1 Å². The number of anilines is 1. The monoisotopic (exact) mass is 336 g/mol. The predicted molar refractivity (Wildman–Crippen MR) is 86.0 cm³/mol. The van der Waals surface area contributed by atoms with Crippen LogP contribution in [-0.4, -0.2) is 37.1 Å². The van der Waals surface area contributed by atoms with Crippen LogP contribution in [0.2, 0.25) is 0 Å². The van der Waals surface area contributed by atoms with Crippen molar-refractivity contribution in [2.24, 2.45) is 0 Å². The summed E-state index contributed by atoms with van der Waals surface area (Å²) in [7, 11) is 0. The predicted octanol–water partition coefficient (Wildman–Crippen LogP) is 4.25. The van der Waals surface area contributed by atoms with Gasteiger partial charge in [-0.2, -0.15) is 13.2 Å². The molecular formula is C18H19F3N2O. The zero-order chi connectivity index (χ0) is 16.7. The summed E-state index contributed by atoms with van der Waals surface area (Å²) in [6.07, 6.45) is -2.12. The van der Waals surface area contributed by atoms with Crippen LogP contribution < -0.4 is 4.90 Å². The van der Waals surface area contributed by atoms with Crippen molar-refractivity contribution in [3.63, 3.8) is 0 Å². The Kier molecular flexibility index (Phi) is 3.79. The minimum atomic E-state index is -4.34. The van der Waals surface area contributed by atoms with Crippen molar-refractivity contribution in [1.29, 1.82) is 0 Å². The van der Waals surface area contributed by atoms with Crippen LogP contribution in [0, 0.1) is 0 Å². The fraction of sp³-hybridized carbons (Fsp3) is 0.444. The molecule has 2 aromatic rings. The van der Waals surface area contributed by atoms with E-state index >= 15 is 0 Å². The van der Waals surface area contributed by atoms with E-state index in [0.29, 0.717) is 17.4 Å². The molecule has 5 rings (SSSR count). The SMILES string of the molecule is FC(F)(F)c1cccc(-c2ccc(N3CCN4CCC3CC4)o2)c1. The molecule has 24 heavy (non-hydrogen) atoms. The molecule has 0 radical (unpaired) electrons. The van der Waals surface area contributed by atoms with E-state index in [9.17, 15) is 13.2 Å². The van der Waals surface area contributed by atoms with Gasteiger partial charge >= 0.3 is 6.18 Å². The molecule has 3 fully saturated rings. The van der Waals surface area contributed by atoms with Crippen molar-refractivity contribution in [2.75, 3.05) is 31.1 Å². The summed E-state index contributed by atoms with van der Waals surface area (Å²) in [5, 5.41) is 0. The highest BCUT2D eigenvalue weighted by atomic mass is 19.4. The third-order valence-electron chi connectivity index (χ3n) is 5.00. The molecule has 3 aliphatic rings. The van der Waals surface area contributed by atoms with Gasteiger partial charge in [0.25, 0.3) is 0 Å². The summed E-state index contributed by atoms with van der Waals surface area (Å²) in [5.41, 5.74) is -0.196. The van der Waals surface area contributed by atoms with Crippen LogP contribution in [0.1, 0.15) is 18.4 Å². The first-order valence-electron chi connectivity index (χ1n) is 8.27. The van der Waals surface area contributed by atoms with Gasteiger partial charge < -0.3 is 14.2 Å². The molecule has 4 heterocycles. The molecule has 1 aromatic carbocycles. The van der Waals surface area contributed by atoms with Gasteiger partial charge in [0.15, 0.2) is 5.88 Å². The van der Waals surface area contributed by atoms with Crippen LogP contribution >= 0.6 is 0 Å². The molecular weight excluding hydrogens is 317 g/mol. The Morgan fingerprint density at radius 2 is 1.75 bits per heavy atom. The number of nitrogens with zero attached hydrogens (tertiary/aromatic N) is 2. The molecule has 0 saturated carbocycles. The van der Waals surface area contributed by atoms with Crippen LogP contribution in [0.5, 0.6) is 0 Å². The maximum atomic E-state index is 12.9. The van der Waals surface area contributed by atoms with Crippen LogP contribution in [0.15, 0.2) is 40.8 Å². The van der Waals surface area contributed by atoms with E-state index in [4.69, 9.17) is 4.42 Å². The average molecular weight is 336 g/mol. The van der Waals surface area contributed by atoms with Crippen molar-refractivity contribution in [3.8, 4) is 11.3 Å². The second-order valence-electron chi connectivity index (χ2n) is 6.48. The van der Waals surface area contributed by atoms with E-state index in [0.717, 1.165) is 57.0 Å². The number of fused-ring (bicyclic) bond motifs is 4. The topological polar surface area (TPSA) is 19.6 Å². The second-order valence-corrected chi connectivity index (χ2v) is 6.48. The van der Waals surface area contributed by atoms with Gasteiger partial charge in [0.05, 0.1) is 5.56 Å². The highest BCUT2D eigenvalue weighted by molar-refractivity contribution is 5.61. The first-order valence-corrected chi connectivity index (χ1v) is 8.27. The number of rotatable bonds is 2. The van der Waals surface area contributed by atoms with Gasteiger partial charge in [-0.1, -0.05) is 12.1 Å². The largest absolute Gasteiger partial charge is 0.441 e. The molecule has 3 nitrogen and oxygen atoms in total. The maximum Gasteiger partial charge on any atom is 0.416 e. The lowest BCUT2D eigenvalue weighted by molar-refractivity contribution is -0.137. The van der Waals surface area contributed by atoms with Gasteiger partial charge in [-0.3, -0.25) is 0 Å². The number of hydrogen-bond acceptors (Lipinski definition) is 3. The summed E-state index contributed by atoms with van der Waals surface area (Å²) < 4.78 is 44.6. The first kappa shape index (κ1) is 15.6. The Labute approximate surface area is 138 Å². The summed E-state index contributed by atoms with van der Waals surface area (Å²) in [6, 6.07) is 9.40. The summed E-state index contributed by atoms with van der Waals surface area (Å²) in [6.45, 7) is 4.14. The normalized spacial score (nSPS) is 24.2. The van der Waals surface area contributed by atoms with Crippen molar-refractivity contribution in [3.05, 3.63) is 42.0 Å². The Balaban J connectivity index is 1.61. The molecule has 3 aliphatic heterocycles. The molecule has 2 bridgehead atoms. The van der Waals surface area contributed by atoms with Crippen LogP contribution in [0.4, 0.5) is 19.1 Å². The molecule has 0 atom stereocenters. The number of piperidine rings is 1.